The van der Waals surface area contributed by atoms with E-state index < -0.39 is 0 Å². The minimum atomic E-state index is 0.257. The Labute approximate surface area is 74.8 Å². The fraction of sp³-hybridized carbons (Fsp3) is 0.889. The number of nitrogens with one attached hydrogen (secondary N) is 1. The summed E-state index contributed by atoms with van der Waals surface area (Å²) in [4.78, 5) is 0. The summed E-state index contributed by atoms with van der Waals surface area (Å²) in [5.74, 6) is 0.257. The van der Waals surface area contributed by atoms with Gasteiger partial charge < -0.3 is 10.5 Å². The number of hydrogen-bond donors (Lipinski definition) is 2. The molecule has 0 atom stereocenters. The lowest BCUT2D eigenvalue weighted by atomic mass is 10.3. The second-order valence-corrected chi connectivity index (χ2v) is 2.95. The summed E-state index contributed by atoms with van der Waals surface area (Å²) in [5, 5.41) is 6.96. The van der Waals surface area contributed by atoms with E-state index in [0.29, 0.717) is 6.42 Å². The Balaban J connectivity index is 2.86. The molecule has 3 N–H and O–H groups in total. The third kappa shape index (κ3) is 9.43. The van der Waals surface area contributed by atoms with Crippen LogP contribution in [-0.2, 0) is 4.74 Å². The average Bonchev–Trinajstić information content (AvgIpc) is 2.02. The monoisotopic (exact) mass is 172 g/mol. The zero-order valence-corrected chi connectivity index (χ0v) is 7.94. The van der Waals surface area contributed by atoms with Gasteiger partial charge in [0, 0.05) is 19.6 Å². The summed E-state index contributed by atoms with van der Waals surface area (Å²) in [6, 6.07) is 0. The molecule has 0 aliphatic heterocycles. The van der Waals surface area contributed by atoms with Crippen molar-refractivity contribution in [3.05, 3.63) is 0 Å². The zero-order valence-electron chi connectivity index (χ0n) is 7.94. The molecule has 0 saturated heterocycles. The Hall–Kier alpha value is -0.570. The Morgan fingerprint density at radius 1 is 1.25 bits per heavy atom. The fourth-order valence-electron chi connectivity index (χ4n) is 0.921. The highest BCUT2D eigenvalue weighted by molar-refractivity contribution is 5.76. The molecule has 3 nitrogen and oxygen atoms in total. The van der Waals surface area contributed by atoms with Crippen molar-refractivity contribution in [2.75, 3.05) is 13.2 Å². The smallest absolute Gasteiger partial charge is 0.0906 e. The highest BCUT2D eigenvalue weighted by Crippen LogP contribution is 1.95. The minimum Gasteiger partial charge on any atom is -0.388 e. The van der Waals surface area contributed by atoms with Crippen LogP contribution in [0.25, 0.3) is 0 Å². The third-order valence-electron chi connectivity index (χ3n) is 1.63. The van der Waals surface area contributed by atoms with Crippen LogP contribution < -0.4 is 5.73 Å². The van der Waals surface area contributed by atoms with Crippen LogP contribution in [-0.4, -0.2) is 19.0 Å². The molecule has 0 unspecified atom stereocenters. The van der Waals surface area contributed by atoms with E-state index in [-0.39, 0.29) is 5.84 Å². The first-order chi connectivity index (χ1) is 5.77. The molecule has 0 aliphatic carbocycles. The summed E-state index contributed by atoms with van der Waals surface area (Å²) in [7, 11) is 0. The second-order valence-electron chi connectivity index (χ2n) is 2.95. The van der Waals surface area contributed by atoms with Crippen LogP contribution in [0.3, 0.4) is 0 Å². The van der Waals surface area contributed by atoms with Crippen molar-refractivity contribution >= 4 is 5.84 Å². The van der Waals surface area contributed by atoms with Crippen LogP contribution in [0.15, 0.2) is 0 Å². The standard InChI is InChI=1S/C9H20N2O/c1-2-3-4-7-12-8-5-6-9(10)11/h2-8H2,1H3,(H3,10,11). The molecule has 0 radical (unpaired) electrons. The summed E-state index contributed by atoms with van der Waals surface area (Å²) in [6.07, 6.45) is 5.16. The van der Waals surface area contributed by atoms with Crippen molar-refractivity contribution in [1.82, 2.24) is 0 Å². The number of hydrogen-bond acceptors (Lipinski definition) is 2. The van der Waals surface area contributed by atoms with Crippen molar-refractivity contribution in [2.45, 2.75) is 39.0 Å². The highest BCUT2D eigenvalue weighted by atomic mass is 16.5. The maximum atomic E-state index is 6.96. The second kappa shape index (κ2) is 8.53. The molecule has 0 fully saturated rings. The van der Waals surface area contributed by atoms with E-state index in [1.54, 1.807) is 0 Å². The van der Waals surface area contributed by atoms with Crippen LogP contribution in [0.1, 0.15) is 39.0 Å². The van der Waals surface area contributed by atoms with E-state index in [9.17, 15) is 0 Å². The molecule has 0 spiro atoms. The minimum absolute atomic E-state index is 0.257. The molecule has 0 aromatic rings. The van der Waals surface area contributed by atoms with Gasteiger partial charge in [-0.2, -0.15) is 0 Å². The molecule has 12 heavy (non-hydrogen) atoms. The zero-order chi connectivity index (χ0) is 9.23. The molecular weight excluding hydrogens is 152 g/mol. The Bertz CT molecular complexity index is 115. The van der Waals surface area contributed by atoms with Gasteiger partial charge in [0.2, 0.25) is 0 Å². The number of unbranched alkanes of at least 4 members (excludes halogenated alkanes) is 2. The predicted octanol–water partition coefficient (Wildman–Crippen LogP) is 1.91. The van der Waals surface area contributed by atoms with Gasteiger partial charge in [-0.05, 0) is 12.8 Å². The van der Waals surface area contributed by atoms with Crippen LogP contribution >= 0.6 is 0 Å². The van der Waals surface area contributed by atoms with Gasteiger partial charge in [-0.3, -0.25) is 5.41 Å². The molecule has 0 aromatic carbocycles. The van der Waals surface area contributed by atoms with Gasteiger partial charge in [0.25, 0.3) is 0 Å². The molecule has 0 aliphatic rings. The maximum absolute atomic E-state index is 6.96. The van der Waals surface area contributed by atoms with Gasteiger partial charge >= 0.3 is 0 Å². The number of rotatable bonds is 8. The molecular formula is C9H20N2O. The molecule has 0 amide bonds. The first kappa shape index (κ1) is 11.4. The van der Waals surface area contributed by atoms with Crippen molar-refractivity contribution in [3.63, 3.8) is 0 Å². The lowest BCUT2D eigenvalue weighted by Gasteiger charge is -2.02. The van der Waals surface area contributed by atoms with Crippen molar-refractivity contribution < 1.29 is 4.74 Å². The summed E-state index contributed by atoms with van der Waals surface area (Å²) >= 11 is 0. The number of amidine groups is 1. The van der Waals surface area contributed by atoms with E-state index in [0.717, 1.165) is 26.1 Å². The summed E-state index contributed by atoms with van der Waals surface area (Å²) < 4.78 is 5.33. The van der Waals surface area contributed by atoms with Gasteiger partial charge in [-0.1, -0.05) is 19.8 Å². The van der Waals surface area contributed by atoms with Gasteiger partial charge in [-0.15, -0.1) is 0 Å². The van der Waals surface area contributed by atoms with Gasteiger partial charge in [0.05, 0.1) is 5.84 Å². The number of nitrogens with two attached hydrogens (primary N) is 1. The first-order valence-electron chi connectivity index (χ1n) is 4.68. The van der Waals surface area contributed by atoms with E-state index in [2.05, 4.69) is 6.92 Å². The van der Waals surface area contributed by atoms with E-state index in [1.165, 1.54) is 12.8 Å². The van der Waals surface area contributed by atoms with Crippen molar-refractivity contribution in [2.24, 2.45) is 5.73 Å². The normalized spacial score (nSPS) is 10.1. The van der Waals surface area contributed by atoms with Crippen LogP contribution in [0.2, 0.25) is 0 Å². The van der Waals surface area contributed by atoms with E-state index >= 15 is 0 Å². The van der Waals surface area contributed by atoms with Crippen LogP contribution in [0.5, 0.6) is 0 Å². The first-order valence-corrected chi connectivity index (χ1v) is 4.68. The van der Waals surface area contributed by atoms with Crippen LogP contribution in [0.4, 0.5) is 0 Å². The lowest BCUT2D eigenvalue weighted by Crippen LogP contribution is -2.10. The largest absolute Gasteiger partial charge is 0.388 e. The third-order valence-corrected chi connectivity index (χ3v) is 1.63. The lowest BCUT2D eigenvalue weighted by molar-refractivity contribution is 0.129. The van der Waals surface area contributed by atoms with E-state index in [1.807, 2.05) is 0 Å². The van der Waals surface area contributed by atoms with Crippen molar-refractivity contribution in [3.8, 4) is 0 Å². The average molecular weight is 172 g/mol. The molecule has 72 valence electrons. The fourth-order valence-corrected chi connectivity index (χ4v) is 0.921. The van der Waals surface area contributed by atoms with Gasteiger partial charge in [0.1, 0.15) is 0 Å². The van der Waals surface area contributed by atoms with Crippen LogP contribution in [0, 0.1) is 5.41 Å². The highest BCUT2D eigenvalue weighted by Gasteiger charge is 1.91. The molecule has 3 heteroatoms. The predicted molar refractivity (Wildman–Crippen MR) is 51.5 cm³/mol. The molecule has 0 heterocycles. The SMILES string of the molecule is CCCCCOCCCC(=N)N. The topological polar surface area (TPSA) is 59.1 Å². The molecule has 0 aromatic heterocycles. The maximum Gasteiger partial charge on any atom is 0.0906 e. The van der Waals surface area contributed by atoms with Gasteiger partial charge in [0.15, 0.2) is 0 Å². The molecule has 0 saturated carbocycles. The quantitative estimate of drug-likeness (QED) is 0.334. The van der Waals surface area contributed by atoms with E-state index in [4.69, 9.17) is 15.9 Å². The molecule has 0 rings (SSSR count). The van der Waals surface area contributed by atoms with Gasteiger partial charge in [-0.25, -0.2) is 0 Å². The Kier molecular flexibility index (Phi) is 8.12. The summed E-state index contributed by atoms with van der Waals surface area (Å²) in [6.45, 7) is 3.77. The van der Waals surface area contributed by atoms with Crippen molar-refractivity contribution in [1.29, 1.82) is 5.41 Å². The number of ether oxygens (including phenoxy) is 1. The summed E-state index contributed by atoms with van der Waals surface area (Å²) in [5.41, 5.74) is 5.18. The Morgan fingerprint density at radius 3 is 2.50 bits per heavy atom. The molecule has 0 bridgehead atoms. The Morgan fingerprint density at radius 2 is 1.92 bits per heavy atom.